The van der Waals surface area contributed by atoms with Gasteiger partial charge in [0.15, 0.2) is 4.96 Å². The predicted molar refractivity (Wildman–Crippen MR) is 103 cm³/mol. The first-order valence-corrected chi connectivity index (χ1v) is 8.91. The maximum atomic E-state index is 12.4. The molecule has 0 radical (unpaired) electrons. The van der Waals surface area contributed by atoms with Gasteiger partial charge in [-0.15, -0.1) is 6.58 Å². The molecule has 25 heavy (non-hydrogen) atoms. The molecule has 0 bridgehead atoms. The number of nitrogens with one attached hydrogen (secondary N) is 1. The molecule has 2 aromatic heterocycles. The number of aromatic nitrogens is 2. The summed E-state index contributed by atoms with van der Waals surface area (Å²) in [4.78, 5) is 18.1. The summed E-state index contributed by atoms with van der Waals surface area (Å²) >= 11 is 1.64. The van der Waals surface area contributed by atoms with Crippen molar-refractivity contribution in [2.45, 2.75) is 6.42 Å². The molecule has 0 spiro atoms. The van der Waals surface area contributed by atoms with Gasteiger partial charge in [0.25, 0.3) is 0 Å². The van der Waals surface area contributed by atoms with Crippen LogP contribution in [0.4, 0.5) is 0 Å². The third-order valence-electron chi connectivity index (χ3n) is 4.07. The van der Waals surface area contributed by atoms with Gasteiger partial charge in [0.05, 0.1) is 28.0 Å². The number of hydrogen-bond donors (Lipinski definition) is 1. The number of carbonyl (C=O) groups excluding carboxylic acids is 1. The topological polar surface area (TPSA) is 46.4 Å². The van der Waals surface area contributed by atoms with Crippen molar-refractivity contribution < 1.29 is 4.79 Å². The number of amides is 1. The number of benzene rings is 2. The standard InChI is InChI=1S/C20H17N3OS/c1-2-12-21-18(24)13-16-19(14-8-4-3-5-9-14)22-20-23(16)15-10-6-7-11-17(15)25-20/h2-11H,1,12-13H2,(H,21,24). The van der Waals surface area contributed by atoms with Crippen molar-refractivity contribution in [2.75, 3.05) is 6.54 Å². The van der Waals surface area contributed by atoms with E-state index < -0.39 is 0 Å². The summed E-state index contributed by atoms with van der Waals surface area (Å²) in [6.45, 7) is 4.11. The average Bonchev–Trinajstić information content (AvgIpc) is 3.17. The lowest BCUT2D eigenvalue weighted by molar-refractivity contribution is -0.120. The first-order valence-electron chi connectivity index (χ1n) is 8.10. The first kappa shape index (κ1) is 15.6. The van der Waals surface area contributed by atoms with Crippen LogP contribution < -0.4 is 5.32 Å². The second-order valence-electron chi connectivity index (χ2n) is 5.73. The van der Waals surface area contributed by atoms with Crippen molar-refractivity contribution >= 4 is 32.4 Å². The molecule has 2 aromatic carbocycles. The maximum Gasteiger partial charge on any atom is 0.226 e. The lowest BCUT2D eigenvalue weighted by atomic mass is 10.1. The van der Waals surface area contributed by atoms with Gasteiger partial charge in [0.2, 0.25) is 5.91 Å². The highest BCUT2D eigenvalue weighted by atomic mass is 32.1. The highest BCUT2D eigenvalue weighted by Crippen LogP contribution is 2.33. The highest BCUT2D eigenvalue weighted by Gasteiger charge is 2.20. The molecule has 0 fully saturated rings. The number of fused-ring (bicyclic) bond motifs is 3. The Morgan fingerprint density at radius 3 is 2.72 bits per heavy atom. The Morgan fingerprint density at radius 1 is 1.16 bits per heavy atom. The molecule has 5 heteroatoms. The van der Waals surface area contributed by atoms with Crippen molar-refractivity contribution in [3.05, 3.63) is 72.9 Å². The second-order valence-corrected chi connectivity index (χ2v) is 6.74. The largest absolute Gasteiger partial charge is 0.352 e. The molecule has 2 heterocycles. The van der Waals surface area contributed by atoms with Crippen LogP contribution in [0.1, 0.15) is 5.69 Å². The molecular weight excluding hydrogens is 330 g/mol. The third kappa shape index (κ3) is 2.83. The Labute approximate surface area is 149 Å². The minimum atomic E-state index is -0.0332. The zero-order valence-electron chi connectivity index (χ0n) is 13.6. The van der Waals surface area contributed by atoms with Crippen LogP contribution in [-0.4, -0.2) is 21.8 Å². The van der Waals surface area contributed by atoms with Crippen LogP contribution >= 0.6 is 11.3 Å². The van der Waals surface area contributed by atoms with Crippen molar-refractivity contribution in [2.24, 2.45) is 0 Å². The number of para-hydroxylation sites is 1. The molecule has 0 saturated carbocycles. The van der Waals surface area contributed by atoms with E-state index >= 15 is 0 Å². The van der Waals surface area contributed by atoms with E-state index in [-0.39, 0.29) is 12.3 Å². The Kier molecular flexibility index (Phi) is 4.07. The number of imidazole rings is 1. The van der Waals surface area contributed by atoms with Gasteiger partial charge >= 0.3 is 0 Å². The molecular formula is C20H17N3OS. The molecule has 1 amide bonds. The summed E-state index contributed by atoms with van der Waals surface area (Å²) in [6, 6.07) is 18.2. The predicted octanol–water partition coefficient (Wildman–Crippen LogP) is 4.06. The number of carbonyl (C=O) groups is 1. The van der Waals surface area contributed by atoms with E-state index in [0.29, 0.717) is 6.54 Å². The van der Waals surface area contributed by atoms with Gasteiger partial charge in [-0.05, 0) is 12.1 Å². The molecule has 0 unspecified atom stereocenters. The zero-order valence-corrected chi connectivity index (χ0v) is 14.4. The summed E-state index contributed by atoms with van der Waals surface area (Å²) in [5.41, 5.74) is 3.89. The van der Waals surface area contributed by atoms with Crippen LogP contribution in [0.3, 0.4) is 0 Å². The van der Waals surface area contributed by atoms with E-state index in [2.05, 4.69) is 28.4 Å². The smallest absolute Gasteiger partial charge is 0.226 e. The summed E-state index contributed by atoms with van der Waals surface area (Å²) in [5.74, 6) is -0.0332. The molecule has 0 aliphatic carbocycles. The Morgan fingerprint density at radius 2 is 1.92 bits per heavy atom. The minimum absolute atomic E-state index is 0.0332. The molecule has 0 saturated heterocycles. The van der Waals surface area contributed by atoms with Crippen LogP contribution in [0.5, 0.6) is 0 Å². The number of hydrogen-bond acceptors (Lipinski definition) is 3. The van der Waals surface area contributed by atoms with Gasteiger partial charge in [-0.2, -0.15) is 0 Å². The van der Waals surface area contributed by atoms with Gasteiger partial charge in [0, 0.05) is 12.1 Å². The van der Waals surface area contributed by atoms with Gasteiger partial charge in [-0.3, -0.25) is 9.20 Å². The normalized spacial score (nSPS) is 11.0. The van der Waals surface area contributed by atoms with Crippen LogP contribution in [0, 0.1) is 0 Å². The van der Waals surface area contributed by atoms with Crippen molar-refractivity contribution in [1.82, 2.24) is 14.7 Å². The highest BCUT2D eigenvalue weighted by molar-refractivity contribution is 7.23. The molecule has 124 valence electrons. The molecule has 0 aliphatic heterocycles. The van der Waals surface area contributed by atoms with E-state index in [1.54, 1.807) is 17.4 Å². The lowest BCUT2D eigenvalue weighted by Gasteiger charge is -2.06. The quantitative estimate of drug-likeness (QED) is 0.553. The Bertz CT molecular complexity index is 1060. The van der Waals surface area contributed by atoms with Crippen molar-refractivity contribution in [3.63, 3.8) is 0 Å². The summed E-state index contributed by atoms with van der Waals surface area (Å²) in [7, 11) is 0. The van der Waals surface area contributed by atoms with Crippen LogP contribution in [-0.2, 0) is 11.2 Å². The van der Waals surface area contributed by atoms with E-state index in [1.807, 2.05) is 42.5 Å². The van der Waals surface area contributed by atoms with Crippen molar-refractivity contribution in [3.8, 4) is 11.3 Å². The number of rotatable bonds is 5. The Balaban J connectivity index is 1.90. The monoisotopic (exact) mass is 347 g/mol. The number of nitrogens with zero attached hydrogens (tertiary/aromatic N) is 2. The van der Waals surface area contributed by atoms with E-state index in [9.17, 15) is 4.79 Å². The fourth-order valence-electron chi connectivity index (χ4n) is 2.97. The molecule has 0 aliphatic rings. The molecule has 4 aromatic rings. The summed E-state index contributed by atoms with van der Waals surface area (Å²) in [5, 5.41) is 2.86. The zero-order chi connectivity index (χ0) is 17.2. The summed E-state index contributed by atoms with van der Waals surface area (Å²) < 4.78 is 3.27. The van der Waals surface area contributed by atoms with Crippen molar-refractivity contribution in [1.29, 1.82) is 0 Å². The molecule has 4 rings (SSSR count). The van der Waals surface area contributed by atoms with Gasteiger partial charge in [-0.1, -0.05) is 59.9 Å². The Hall–Kier alpha value is -2.92. The van der Waals surface area contributed by atoms with Gasteiger partial charge in [0.1, 0.15) is 0 Å². The van der Waals surface area contributed by atoms with E-state index in [4.69, 9.17) is 4.98 Å². The summed E-state index contributed by atoms with van der Waals surface area (Å²) in [6.07, 6.45) is 1.96. The van der Waals surface area contributed by atoms with E-state index in [0.717, 1.165) is 32.1 Å². The molecule has 1 N–H and O–H groups in total. The van der Waals surface area contributed by atoms with Gasteiger partial charge < -0.3 is 5.32 Å². The average molecular weight is 347 g/mol. The fraction of sp³-hybridized carbons (Fsp3) is 0.100. The maximum absolute atomic E-state index is 12.4. The third-order valence-corrected chi connectivity index (χ3v) is 5.09. The van der Waals surface area contributed by atoms with Crippen LogP contribution in [0.25, 0.3) is 26.4 Å². The minimum Gasteiger partial charge on any atom is -0.352 e. The molecule has 4 nitrogen and oxygen atoms in total. The number of thiazole rings is 1. The fourth-order valence-corrected chi connectivity index (χ4v) is 4.01. The SMILES string of the molecule is C=CCNC(=O)Cc1c(-c2ccccc2)nc2sc3ccccc3n12. The first-order chi connectivity index (χ1) is 12.3. The van der Waals surface area contributed by atoms with Crippen LogP contribution in [0.15, 0.2) is 67.3 Å². The van der Waals surface area contributed by atoms with E-state index in [1.165, 1.54) is 0 Å². The lowest BCUT2D eigenvalue weighted by Crippen LogP contribution is -2.25. The molecule has 0 atom stereocenters. The van der Waals surface area contributed by atoms with Crippen LogP contribution in [0.2, 0.25) is 0 Å². The van der Waals surface area contributed by atoms with Gasteiger partial charge in [-0.25, -0.2) is 4.98 Å². The second kappa shape index (κ2) is 6.53.